The molecule has 0 bridgehead atoms. The standard InChI is InChI=1S/C7H11N2O3/c1-5(11)9-6(4-10)2-3-7(8)12/h6H,2-3H2,1H3,(H2,8,12)(H,9,11)/t6-/m0/s1. The molecule has 0 spiro atoms. The number of amides is 2. The van der Waals surface area contributed by atoms with E-state index < -0.39 is 11.9 Å². The Morgan fingerprint density at radius 1 is 1.58 bits per heavy atom. The van der Waals surface area contributed by atoms with Crippen LogP contribution in [-0.2, 0) is 14.4 Å². The second kappa shape index (κ2) is 5.29. The Morgan fingerprint density at radius 2 is 2.17 bits per heavy atom. The summed E-state index contributed by atoms with van der Waals surface area (Å²) in [5.41, 5.74) is 4.84. The predicted octanol–water partition coefficient (Wildman–Crippen LogP) is -1.13. The highest BCUT2D eigenvalue weighted by atomic mass is 16.2. The van der Waals surface area contributed by atoms with E-state index in [1.807, 2.05) is 0 Å². The van der Waals surface area contributed by atoms with Gasteiger partial charge in [0.25, 0.3) is 0 Å². The lowest BCUT2D eigenvalue weighted by Gasteiger charge is -2.07. The number of hydrogen-bond donors (Lipinski definition) is 2. The molecule has 0 saturated carbocycles. The Kier molecular flexibility index (Phi) is 4.67. The Morgan fingerprint density at radius 3 is 2.50 bits per heavy atom. The first kappa shape index (κ1) is 10.6. The third-order valence-corrected chi connectivity index (χ3v) is 1.20. The molecule has 2 amide bonds. The minimum Gasteiger partial charge on any atom is -0.370 e. The van der Waals surface area contributed by atoms with Gasteiger partial charge in [-0.3, -0.25) is 14.4 Å². The first-order valence-corrected chi connectivity index (χ1v) is 3.49. The summed E-state index contributed by atoms with van der Waals surface area (Å²) in [7, 11) is 0. The van der Waals surface area contributed by atoms with Crippen molar-refractivity contribution < 1.29 is 14.4 Å². The van der Waals surface area contributed by atoms with Crippen molar-refractivity contribution >= 4 is 18.1 Å². The van der Waals surface area contributed by atoms with E-state index in [4.69, 9.17) is 5.73 Å². The van der Waals surface area contributed by atoms with Crippen molar-refractivity contribution in [2.24, 2.45) is 5.73 Å². The molecule has 0 saturated heterocycles. The largest absolute Gasteiger partial charge is 0.370 e. The van der Waals surface area contributed by atoms with Gasteiger partial charge in [-0.15, -0.1) is 0 Å². The molecule has 0 aliphatic carbocycles. The zero-order valence-corrected chi connectivity index (χ0v) is 6.79. The summed E-state index contributed by atoms with van der Waals surface area (Å²) >= 11 is 0. The second-order valence-corrected chi connectivity index (χ2v) is 2.38. The maximum atomic E-state index is 10.5. The molecular formula is C7H11N2O3. The van der Waals surface area contributed by atoms with Crippen molar-refractivity contribution in [2.75, 3.05) is 0 Å². The molecule has 0 aromatic heterocycles. The van der Waals surface area contributed by atoms with E-state index in [9.17, 15) is 14.4 Å². The van der Waals surface area contributed by atoms with Gasteiger partial charge in [-0.1, -0.05) is 0 Å². The summed E-state index contributed by atoms with van der Waals surface area (Å²) in [4.78, 5) is 30.9. The molecule has 0 rings (SSSR count). The van der Waals surface area contributed by atoms with E-state index in [1.165, 1.54) is 6.92 Å². The van der Waals surface area contributed by atoms with E-state index in [0.29, 0.717) is 0 Å². The summed E-state index contributed by atoms with van der Waals surface area (Å²) in [6.45, 7) is 1.29. The number of primary amides is 1. The monoisotopic (exact) mass is 171 g/mol. The molecule has 67 valence electrons. The van der Waals surface area contributed by atoms with Crippen molar-refractivity contribution in [2.45, 2.75) is 25.8 Å². The van der Waals surface area contributed by atoms with Crippen LogP contribution in [0.4, 0.5) is 0 Å². The minimum atomic E-state index is -0.727. The topological polar surface area (TPSA) is 89.3 Å². The number of carbonyl (C=O) groups is 2. The minimum absolute atomic E-state index is 0.0696. The highest BCUT2D eigenvalue weighted by molar-refractivity contribution is 5.78. The normalized spacial score (nSPS) is 11.8. The van der Waals surface area contributed by atoms with E-state index >= 15 is 0 Å². The van der Waals surface area contributed by atoms with Gasteiger partial charge in [0.15, 0.2) is 0 Å². The van der Waals surface area contributed by atoms with Crippen molar-refractivity contribution in [3.05, 3.63) is 0 Å². The molecule has 0 aliphatic heterocycles. The molecule has 0 heterocycles. The lowest BCUT2D eigenvalue weighted by Crippen LogP contribution is -2.35. The molecule has 0 unspecified atom stereocenters. The molecule has 0 aromatic rings. The van der Waals surface area contributed by atoms with Gasteiger partial charge in [0.2, 0.25) is 18.1 Å². The molecule has 0 fully saturated rings. The molecule has 3 N–H and O–H groups in total. The highest BCUT2D eigenvalue weighted by Gasteiger charge is 2.10. The molecule has 12 heavy (non-hydrogen) atoms. The van der Waals surface area contributed by atoms with Gasteiger partial charge in [-0.25, -0.2) is 0 Å². The molecule has 0 aliphatic rings. The smallest absolute Gasteiger partial charge is 0.222 e. The van der Waals surface area contributed by atoms with Crippen molar-refractivity contribution in [1.82, 2.24) is 5.32 Å². The number of carbonyl (C=O) groups excluding carboxylic acids is 3. The zero-order valence-electron chi connectivity index (χ0n) is 6.79. The van der Waals surface area contributed by atoms with E-state index in [1.54, 1.807) is 6.29 Å². The summed E-state index contributed by atoms with van der Waals surface area (Å²) in [6.07, 6.45) is 1.88. The van der Waals surface area contributed by atoms with Crippen LogP contribution >= 0.6 is 0 Å². The average molecular weight is 171 g/mol. The number of nitrogens with one attached hydrogen (secondary N) is 1. The van der Waals surface area contributed by atoms with Gasteiger partial charge >= 0.3 is 0 Å². The Bertz CT molecular complexity index is 191. The summed E-state index contributed by atoms with van der Waals surface area (Å²) in [5.74, 6) is -0.826. The zero-order chi connectivity index (χ0) is 9.56. The van der Waals surface area contributed by atoms with Crippen LogP contribution in [0.1, 0.15) is 19.8 Å². The van der Waals surface area contributed by atoms with Crippen LogP contribution in [0.5, 0.6) is 0 Å². The first-order valence-electron chi connectivity index (χ1n) is 3.49. The molecule has 1 atom stereocenters. The van der Waals surface area contributed by atoms with Crippen molar-refractivity contribution in [3.8, 4) is 0 Å². The van der Waals surface area contributed by atoms with E-state index in [-0.39, 0.29) is 18.7 Å². The van der Waals surface area contributed by atoms with Crippen LogP contribution in [0.25, 0.3) is 0 Å². The molecule has 1 radical (unpaired) electrons. The maximum absolute atomic E-state index is 10.5. The number of nitrogens with two attached hydrogens (primary N) is 1. The fourth-order valence-electron chi connectivity index (χ4n) is 0.693. The molecule has 5 nitrogen and oxygen atoms in total. The lowest BCUT2D eigenvalue weighted by molar-refractivity contribution is -0.120. The number of rotatable bonds is 5. The summed E-state index contributed by atoms with van der Waals surface area (Å²) in [5, 5.41) is 2.31. The lowest BCUT2D eigenvalue weighted by atomic mass is 10.2. The average Bonchev–Trinajstić information content (AvgIpc) is 1.97. The highest BCUT2D eigenvalue weighted by Crippen LogP contribution is 1.93. The summed E-state index contributed by atoms with van der Waals surface area (Å²) in [6, 6.07) is -0.727. The number of hydrogen-bond acceptors (Lipinski definition) is 3. The Balaban J connectivity index is 3.75. The first-order chi connectivity index (χ1) is 5.56. The third-order valence-electron chi connectivity index (χ3n) is 1.20. The third kappa shape index (κ3) is 5.40. The van der Waals surface area contributed by atoms with Gasteiger partial charge < -0.3 is 11.1 Å². The van der Waals surface area contributed by atoms with Gasteiger partial charge in [0.05, 0.1) is 6.04 Å². The fraction of sp³-hybridized carbons (Fsp3) is 0.571. The van der Waals surface area contributed by atoms with Gasteiger partial charge in [-0.05, 0) is 6.42 Å². The molecular weight excluding hydrogens is 160 g/mol. The van der Waals surface area contributed by atoms with Crippen molar-refractivity contribution in [1.29, 1.82) is 0 Å². The van der Waals surface area contributed by atoms with Crippen LogP contribution in [0.2, 0.25) is 0 Å². The SMILES string of the molecule is CC(=O)N[C@H]([C]=O)CCC(N)=O. The maximum Gasteiger partial charge on any atom is 0.222 e. The van der Waals surface area contributed by atoms with Gasteiger partial charge in [-0.2, -0.15) is 0 Å². The van der Waals surface area contributed by atoms with Crippen molar-refractivity contribution in [3.63, 3.8) is 0 Å². The van der Waals surface area contributed by atoms with E-state index in [0.717, 1.165) is 0 Å². The van der Waals surface area contributed by atoms with Crippen LogP contribution < -0.4 is 11.1 Å². The Labute approximate surface area is 70.3 Å². The Hall–Kier alpha value is -1.39. The molecule has 0 aromatic carbocycles. The van der Waals surface area contributed by atoms with Crippen LogP contribution in [-0.4, -0.2) is 24.1 Å². The van der Waals surface area contributed by atoms with Crippen LogP contribution in [0, 0.1) is 0 Å². The summed E-state index contributed by atoms with van der Waals surface area (Å²) < 4.78 is 0. The van der Waals surface area contributed by atoms with Crippen LogP contribution in [0.3, 0.4) is 0 Å². The van der Waals surface area contributed by atoms with Crippen LogP contribution in [0.15, 0.2) is 0 Å². The quantitative estimate of drug-likeness (QED) is 0.548. The molecule has 5 heteroatoms. The second-order valence-electron chi connectivity index (χ2n) is 2.38. The van der Waals surface area contributed by atoms with Gasteiger partial charge in [0.1, 0.15) is 0 Å². The fourth-order valence-corrected chi connectivity index (χ4v) is 0.693. The predicted molar refractivity (Wildman–Crippen MR) is 41.7 cm³/mol. The van der Waals surface area contributed by atoms with Gasteiger partial charge in [0, 0.05) is 13.3 Å². The van der Waals surface area contributed by atoms with E-state index in [2.05, 4.69) is 5.32 Å².